The van der Waals surface area contributed by atoms with Crippen LogP contribution in [-0.2, 0) is 22.4 Å². The minimum Gasteiger partial charge on any atom is -0.501 e. The molecular formula is C26H24ClN7O2S. The number of guanidine groups is 1. The van der Waals surface area contributed by atoms with E-state index in [1.54, 1.807) is 13.2 Å². The summed E-state index contributed by atoms with van der Waals surface area (Å²) >= 11 is 7.80. The quantitative estimate of drug-likeness (QED) is 0.389. The molecule has 1 unspecified atom stereocenters. The smallest absolute Gasteiger partial charge is 0.257 e. The van der Waals surface area contributed by atoms with Crippen molar-refractivity contribution in [2.45, 2.75) is 25.8 Å². The summed E-state index contributed by atoms with van der Waals surface area (Å²) in [6.45, 7) is 5.62. The summed E-state index contributed by atoms with van der Waals surface area (Å²) in [6, 6.07) is 14.7. The number of methoxy groups -OCH3 is 1. The number of ether oxygens (including phenoxy) is 1. The highest BCUT2D eigenvalue weighted by Crippen LogP contribution is 2.36. The Hall–Kier alpha value is -4.02. The summed E-state index contributed by atoms with van der Waals surface area (Å²) in [5.74, 6) is 1.37. The van der Waals surface area contributed by atoms with Gasteiger partial charge < -0.3 is 15.4 Å². The van der Waals surface area contributed by atoms with Crippen LogP contribution < -0.4 is 16.0 Å². The minimum absolute atomic E-state index is 0.356. The molecule has 0 fully saturated rings. The largest absolute Gasteiger partial charge is 0.501 e. The van der Waals surface area contributed by atoms with Crippen molar-refractivity contribution >= 4 is 51.5 Å². The van der Waals surface area contributed by atoms with Crippen LogP contribution in [0.2, 0.25) is 5.02 Å². The van der Waals surface area contributed by atoms with Gasteiger partial charge in [0.2, 0.25) is 11.1 Å². The van der Waals surface area contributed by atoms with E-state index in [0.29, 0.717) is 56.6 Å². The monoisotopic (exact) mass is 533 g/mol. The van der Waals surface area contributed by atoms with Crippen LogP contribution in [0.15, 0.2) is 82.1 Å². The molecule has 2 aliphatic heterocycles. The number of nitrogens with zero attached hydrogens (tertiary/aromatic N) is 4. The number of fused-ring (bicyclic) bond motifs is 1. The molecule has 5 rings (SSSR count). The predicted molar refractivity (Wildman–Crippen MR) is 147 cm³/mol. The number of allylic oxidation sites excluding steroid dienone is 2. The first kappa shape index (κ1) is 24.7. The first-order chi connectivity index (χ1) is 17.9. The second-order valence-corrected chi connectivity index (χ2v) is 9.90. The Labute approximate surface area is 223 Å². The molecule has 0 spiro atoms. The van der Waals surface area contributed by atoms with Gasteiger partial charge in [0, 0.05) is 28.4 Å². The summed E-state index contributed by atoms with van der Waals surface area (Å²) in [5, 5.41) is 19.1. The summed E-state index contributed by atoms with van der Waals surface area (Å²) < 4.78 is 5.10. The number of amides is 1. The molecule has 3 N–H and O–H groups in total. The number of benzene rings is 2. The molecule has 3 aromatic rings. The van der Waals surface area contributed by atoms with Crippen molar-refractivity contribution in [3.8, 4) is 0 Å². The van der Waals surface area contributed by atoms with E-state index in [1.807, 2.05) is 43.3 Å². The number of nitrogens with one attached hydrogen (secondary N) is 3. The number of para-hydroxylation sites is 1. The van der Waals surface area contributed by atoms with Gasteiger partial charge in [0.15, 0.2) is 0 Å². The number of halogens is 1. The van der Waals surface area contributed by atoms with Gasteiger partial charge in [-0.15, -0.1) is 10.2 Å². The third kappa shape index (κ3) is 5.40. The van der Waals surface area contributed by atoms with E-state index in [-0.39, 0.29) is 5.91 Å². The van der Waals surface area contributed by atoms with E-state index in [2.05, 4.69) is 38.8 Å². The van der Waals surface area contributed by atoms with Crippen molar-refractivity contribution in [3.63, 3.8) is 0 Å². The Balaban J connectivity index is 1.43. The highest BCUT2D eigenvalue weighted by atomic mass is 35.5. The molecule has 1 aromatic heterocycles. The van der Waals surface area contributed by atoms with E-state index in [9.17, 15) is 4.79 Å². The Bertz CT molecular complexity index is 1450. The number of rotatable bonds is 6. The first-order valence-corrected chi connectivity index (χ1v) is 12.7. The molecule has 0 radical (unpaired) electrons. The van der Waals surface area contributed by atoms with Crippen molar-refractivity contribution in [2.24, 2.45) is 9.98 Å². The van der Waals surface area contributed by atoms with Gasteiger partial charge in [-0.1, -0.05) is 65.9 Å². The first-order valence-electron chi connectivity index (χ1n) is 11.5. The molecule has 11 heteroatoms. The SMILES string of the molecule is C=C(Cc1nnc(NC(=O)C2=C(C)NC(/N=C3/Cc4ccccc4N3)=NC2c2ccccc2Cl)s1)OC. The Kier molecular flexibility index (Phi) is 7.02. The summed E-state index contributed by atoms with van der Waals surface area (Å²) in [7, 11) is 1.55. The van der Waals surface area contributed by atoms with Crippen molar-refractivity contribution < 1.29 is 9.53 Å². The van der Waals surface area contributed by atoms with Crippen LogP contribution >= 0.6 is 22.9 Å². The lowest BCUT2D eigenvalue weighted by molar-refractivity contribution is -0.113. The van der Waals surface area contributed by atoms with Crippen LogP contribution in [0.25, 0.3) is 0 Å². The zero-order valence-electron chi connectivity index (χ0n) is 20.2. The van der Waals surface area contributed by atoms with Gasteiger partial charge in [0.25, 0.3) is 5.91 Å². The zero-order chi connectivity index (χ0) is 25.9. The lowest BCUT2D eigenvalue weighted by Crippen LogP contribution is -2.33. The van der Waals surface area contributed by atoms with Crippen LogP contribution in [-0.4, -0.2) is 35.0 Å². The van der Waals surface area contributed by atoms with Crippen LogP contribution in [0.4, 0.5) is 10.8 Å². The highest BCUT2D eigenvalue weighted by molar-refractivity contribution is 7.15. The number of carbonyl (C=O) groups is 1. The Morgan fingerprint density at radius 2 is 2.00 bits per heavy atom. The van der Waals surface area contributed by atoms with Crippen LogP contribution in [0, 0.1) is 0 Å². The zero-order valence-corrected chi connectivity index (χ0v) is 21.8. The predicted octanol–water partition coefficient (Wildman–Crippen LogP) is 4.87. The van der Waals surface area contributed by atoms with E-state index in [4.69, 9.17) is 26.3 Å². The van der Waals surface area contributed by atoms with Crippen molar-refractivity contribution in [3.05, 3.63) is 93.3 Å². The molecule has 0 saturated carbocycles. The number of anilines is 2. The van der Waals surface area contributed by atoms with E-state index in [1.165, 1.54) is 11.3 Å². The second-order valence-electron chi connectivity index (χ2n) is 8.43. The van der Waals surface area contributed by atoms with Crippen LogP contribution in [0.1, 0.15) is 29.1 Å². The van der Waals surface area contributed by atoms with Gasteiger partial charge in [-0.05, 0) is 24.6 Å². The number of carbonyl (C=O) groups excluding carboxylic acids is 1. The molecule has 2 aliphatic rings. The van der Waals surface area contributed by atoms with Gasteiger partial charge in [-0.3, -0.25) is 10.1 Å². The topological polar surface area (TPSA) is 113 Å². The molecule has 1 atom stereocenters. The van der Waals surface area contributed by atoms with Crippen molar-refractivity contribution in [1.29, 1.82) is 0 Å². The summed E-state index contributed by atoms with van der Waals surface area (Å²) in [6.07, 6.45) is 1.08. The fraction of sp³-hybridized carbons (Fsp3) is 0.192. The molecule has 1 amide bonds. The van der Waals surface area contributed by atoms with Gasteiger partial charge >= 0.3 is 0 Å². The average molecular weight is 534 g/mol. The standard InChI is InChI=1S/C26H24ClN7O2S/c1-14(36-3)12-21-33-34-26(37-21)32-24(35)22-15(2)28-25(31-23(22)17-9-5-6-10-18(17)27)30-20-13-16-8-4-7-11-19(16)29-20/h4-11,23H,1,12-13H2,2-3H3,(H,32,34,35)(H2,28,29,30,31). The average Bonchev–Trinajstić information content (AvgIpc) is 3.49. The second kappa shape index (κ2) is 10.5. The van der Waals surface area contributed by atoms with Gasteiger partial charge in [0.1, 0.15) is 16.9 Å². The van der Waals surface area contributed by atoms with Gasteiger partial charge in [-0.25, -0.2) is 4.99 Å². The number of amidine groups is 1. The van der Waals surface area contributed by atoms with Gasteiger partial charge in [0.05, 0.1) is 24.9 Å². The molecule has 0 aliphatic carbocycles. The number of aliphatic imine (C=N–C) groups is 2. The molecule has 37 heavy (non-hydrogen) atoms. The summed E-state index contributed by atoms with van der Waals surface area (Å²) in [5.41, 5.74) is 3.92. The molecule has 0 saturated heterocycles. The number of hydrogen-bond acceptors (Lipinski definition) is 8. The van der Waals surface area contributed by atoms with Crippen molar-refractivity contribution in [2.75, 3.05) is 17.7 Å². The molecule has 188 valence electrons. The third-order valence-electron chi connectivity index (χ3n) is 5.89. The van der Waals surface area contributed by atoms with E-state index >= 15 is 0 Å². The molecule has 2 aromatic carbocycles. The minimum atomic E-state index is -0.668. The molecule has 3 heterocycles. The van der Waals surface area contributed by atoms with Gasteiger partial charge in [-0.2, -0.15) is 4.99 Å². The lowest BCUT2D eigenvalue weighted by Gasteiger charge is -2.25. The Morgan fingerprint density at radius 1 is 1.22 bits per heavy atom. The normalized spacial score (nSPS) is 17.5. The fourth-order valence-electron chi connectivity index (χ4n) is 4.09. The maximum atomic E-state index is 13.5. The van der Waals surface area contributed by atoms with E-state index in [0.717, 1.165) is 17.1 Å². The van der Waals surface area contributed by atoms with Crippen LogP contribution in [0.3, 0.4) is 0 Å². The van der Waals surface area contributed by atoms with Crippen molar-refractivity contribution in [1.82, 2.24) is 15.5 Å². The third-order valence-corrected chi connectivity index (χ3v) is 7.07. The van der Waals surface area contributed by atoms with Crippen LogP contribution in [0.5, 0.6) is 0 Å². The lowest BCUT2D eigenvalue weighted by atomic mass is 9.95. The Morgan fingerprint density at radius 3 is 2.78 bits per heavy atom. The maximum Gasteiger partial charge on any atom is 0.257 e. The molecule has 9 nitrogen and oxygen atoms in total. The maximum absolute atomic E-state index is 13.5. The molecular weight excluding hydrogens is 510 g/mol. The summed E-state index contributed by atoms with van der Waals surface area (Å²) in [4.78, 5) is 23.0. The molecule has 0 bridgehead atoms. The fourth-order valence-corrected chi connectivity index (χ4v) is 5.09. The van der Waals surface area contributed by atoms with E-state index < -0.39 is 6.04 Å². The highest BCUT2D eigenvalue weighted by Gasteiger charge is 2.31. The number of aromatic nitrogens is 2. The number of hydrogen-bond donors (Lipinski definition) is 3.